The van der Waals surface area contributed by atoms with E-state index in [1.807, 2.05) is 47.6 Å². The highest BCUT2D eigenvalue weighted by molar-refractivity contribution is 5.74. The number of rotatable bonds is 3. The maximum atomic E-state index is 11.6. The molecule has 0 unspecified atom stereocenters. The van der Waals surface area contributed by atoms with Crippen LogP contribution in [0.2, 0.25) is 0 Å². The maximum absolute atomic E-state index is 11.6. The van der Waals surface area contributed by atoms with Crippen molar-refractivity contribution in [3.8, 4) is 5.75 Å². The molecule has 2 N–H and O–H groups in total. The van der Waals surface area contributed by atoms with Crippen LogP contribution >= 0.6 is 0 Å². The Morgan fingerprint density at radius 2 is 1.74 bits per heavy atom. The van der Waals surface area contributed by atoms with Gasteiger partial charge < -0.3 is 15.4 Å². The lowest BCUT2D eigenvalue weighted by Gasteiger charge is -2.21. The van der Waals surface area contributed by atoms with Crippen LogP contribution in [0.4, 0.5) is 4.79 Å². The largest absolute Gasteiger partial charge is 0.473 e. The molecule has 0 bridgehead atoms. The third-order valence-electron chi connectivity index (χ3n) is 2.81. The van der Waals surface area contributed by atoms with Gasteiger partial charge in [-0.1, -0.05) is 12.1 Å². The molecule has 1 aromatic rings. The van der Waals surface area contributed by atoms with E-state index in [0.717, 1.165) is 16.9 Å². The van der Waals surface area contributed by atoms with E-state index in [4.69, 9.17) is 4.74 Å². The summed E-state index contributed by atoms with van der Waals surface area (Å²) in [7, 11) is 0. The second-order valence-corrected chi connectivity index (χ2v) is 5.82. The molecule has 4 heteroatoms. The fourth-order valence-corrected chi connectivity index (χ4v) is 1.71. The average molecular weight is 264 g/mol. The smallest absolute Gasteiger partial charge is 0.317 e. The molecular formula is C15H24N2O2. The van der Waals surface area contributed by atoms with Crippen LogP contribution in [0.25, 0.3) is 0 Å². The third-order valence-corrected chi connectivity index (χ3v) is 2.81. The number of hydrogen-bond acceptors (Lipinski definition) is 2. The van der Waals surface area contributed by atoms with Crippen LogP contribution in [0.1, 0.15) is 37.5 Å². The van der Waals surface area contributed by atoms with Crippen molar-refractivity contribution in [3.63, 3.8) is 0 Å². The number of carbonyl (C=O) groups is 1. The van der Waals surface area contributed by atoms with Crippen LogP contribution in [0, 0.1) is 20.8 Å². The monoisotopic (exact) mass is 264 g/mol. The Morgan fingerprint density at radius 3 is 2.32 bits per heavy atom. The summed E-state index contributed by atoms with van der Waals surface area (Å²) in [5, 5.41) is 5.51. The summed E-state index contributed by atoms with van der Waals surface area (Å²) < 4.78 is 5.66. The number of nitrogens with one attached hydrogen (secondary N) is 2. The standard InChI is InChI=1S/C15H24N2O2/c1-10-7-8-11(2)13(12(10)3)19-9-16-14(18)17-15(4,5)6/h7-8H,9H2,1-6H3,(H2,16,17,18). The topological polar surface area (TPSA) is 50.4 Å². The van der Waals surface area contributed by atoms with Gasteiger partial charge in [0.2, 0.25) is 0 Å². The lowest BCUT2D eigenvalue weighted by atomic mass is 10.1. The van der Waals surface area contributed by atoms with Crippen molar-refractivity contribution in [2.24, 2.45) is 0 Å². The van der Waals surface area contributed by atoms with Crippen LogP contribution in [-0.2, 0) is 0 Å². The quantitative estimate of drug-likeness (QED) is 0.824. The van der Waals surface area contributed by atoms with Gasteiger partial charge in [0.15, 0.2) is 6.73 Å². The van der Waals surface area contributed by atoms with E-state index < -0.39 is 0 Å². The van der Waals surface area contributed by atoms with Gasteiger partial charge >= 0.3 is 6.03 Å². The van der Waals surface area contributed by atoms with E-state index in [1.165, 1.54) is 5.56 Å². The zero-order chi connectivity index (χ0) is 14.6. The lowest BCUT2D eigenvalue weighted by Crippen LogP contribution is -2.47. The van der Waals surface area contributed by atoms with Crippen LogP contribution in [0.15, 0.2) is 12.1 Å². The summed E-state index contributed by atoms with van der Waals surface area (Å²) in [6.07, 6.45) is 0. The first-order chi connectivity index (χ1) is 8.70. The van der Waals surface area contributed by atoms with Gasteiger partial charge in [-0.2, -0.15) is 0 Å². The minimum atomic E-state index is -0.251. The molecule has 19 heavy (non-hydrogen) atoms. The van der Waals surface area contributed by atoms with E-state index in [1.54, 1.807) is 0 Å². The molecule has 1 aromatic carbocycles. The molecule has 1 rings (SSSR count). The van der Waals surface area contributed by atoms with E-state index in [9.17, 15) is 4.79 Å². The van der Waals surface area contributed by atoms with E-state index >= 15 is 0 Å². The first-order valence-corrected chi connectivity index (χ1v) is 6.46. The Kier molecular flexibility index (Phi) is 4.81. The van der Waals surface area contributed by atoms with Gasteiger partial charge in [0.1, 0.15) is 5.75 Å². The fraction of sp³-hybridized carbons (Fsp3) is 0.533. The predicted octanol–water partition coefficient (Wildman–Crippen LogP) is 3.05. The Morgan fingerprint density at radius 1 is 1.16 bits per heavy atom. The molecule has 0 aromatic heterocycles. The number of urea groups is 1. The van der Waals surface area contributed by atoms with E-state index in [-0.39, 0.29) is 18.3 Å². The number of ether oxygens (including phenoxy) is 1. The number of aryl methyl sites for hydroxylation is 2. The summed E-state index contributed by atoms with van der Waals surface area (Å²) in [5.74, 6) is 0.844. The number of carbonyl (C=O) groups excluding carboxylic acids is 1. The van der Waals surface area contributed by atoms with Crippen molar-refractivity contribution < 1.29 is 9.53 Å². The molecule has 106 valence electrons. The van der Waals surface area contributed by atoms with Crippen LogP contribution in [-0.4, -0.2) is 18.3 Å². The summed E-state index contributed by atoms with van der Waals surface area (Å²) in [6, 6.07) is 3.86. The second-order valence-electron chi connectivity index (χ2n) is 5.82. The van der Waals surface area contributed by atoms with E-state index in [2.05, 4.69) is 16.7 Å². The van der Waals surface area contributed by atoms with E-state index in [0.29, 0.717) is 0 Å². The highest BCUT2D eigenvalue weighted by Gasteiger charge is 2.13. The van der Waals surface area contributed by atoms with Gasteiger partial charge in [0.25, 0.3) is 0 Å². The van der Waals surface area contributed by atoms with Crippen LogP contribution < -0.4 is 15.4 Å². The number of hydrogen-bond donors (Lipinski definition) is 2. The minimum absolute atomic E-state index is 0.160. The highest BCUT2D eigenvalue weighted by Crippen LogP contribution is 2.25. The Labute approximate surface area is 115 Å². The summed E-state index contributed by atoms with van der Waals surface area (Å²) in [6.45, 7) is 12.0. The van der Waals surface area contributed by atoms with Gasteiger partial charge in [-0.15, -0.1) is 0 Å². The summed E-state index contributed by atoms with van der Waals surface area (Å²) in [4.78, 5) is 11.6. The molecule has 0 atom stereocenters. The highest BCUT2D eigenvalue weighted by atomic mass is 16.5. The normalized spacial score (nSPS) is 11.1. The lowest BCUT2D eigenvalue weighted by molar-refractivity contribution is 0.215. The molecule has 4 nitrogen and oxygen atoms in total. The van der Waals surface area contributed by atoms with Gasteiger partial charge in [0.05, 0.1) is 0 Å². The molecule has 0 radical (unpaired) electrons. The molecule has 0 fully saturated rings. The SMILES string of the molecule is Cc1ccc(C)c(OCNC(=O)NC(C)(C)C)c1C. The molecule has 0 aliphatic heterocycles. The number of amides is 2. The first kappa shape index (κ1) is 15.3. The van der Waals surface area contributed by atoms with Crippen molar-refractivity contribution in [2.75, 3.05) is 6.73 Å². The summed E-state index contributed by atoms with van der Waals surface area (Å²) in [5.41, 5.74) is 3.11. The minimum Gasteiger partial charge on any atom is -0.473 e. The second kappa shape index (κ2) is 5.95. The molecule has 0 heterocycles. The molecular weight excluding hydrogens is 240 g/mol. The Hall–Kier alpha value is -1.71. The molecule has 0 saturated carbocycles. The Bertz CT molecular complexity index is 462. The van der Waals surface area contributed by atoms with Crippen molar-refractivity contribution >= 4 is 6.03 Å². The average Bonchev–Trinajstić information content (AvgIpc) is 2.26. The van der Waals surface area contributed by atoms with Crippen LogP contribution in [0.3, 0.4) is 0 Å². The molecule has 0 spiro atoms. The molecule has 2 amide bonds. The molecule has 0 aliphatic rings. The van der Waals surface area contributed by atoms with Crippen LogP contribution in [0.5, 0.6) is 5.75 Å². The van der Waals surface area contributed by atoms with Gasteiger partial charge in [-0.05, 0) is 58.2 Å². The number of benzene rings is 1. The molecule has 0 saturated heterocycles. The molecule has 0 aliphatic carbocycles. The Balaban J connectivity index is 2.55. The zero-order valence-corrected chi connectivity index (χ0v) is 12.7. The zero-order valence-electron chi connectivity index (χ0n) is 12.7. The van der Waals surface area contributed by atoms with Crippen molar-refractivity contribution in [2.45, 2.75) is 47.1 Å². The fourth-order valence-electron chi connectivity index (χ4n) is 1.71. The van der Waals surface area contributed by atoms with Gasteiger partial charge in [0, 0.05) is 5.54 Å². The van der Waals surface area contributed by atoms with Gasteiger partial charge in [-0.3, -0.25) is 0 Å². The van der Waals surface area contributed by atoms with Crippen molar-refractivity contribution in [1.29, 1.82) is 0 Å². The van der Waals surface area contributed by atoms with Crippen molar-refractivity contribution in [1.82, 2.24) is 10.6 Å². The van der Waals surface area contributed by atoms with Crippen molar-refractivity contribution in [3.05, 3.63) is 28.8 Å². The first-order valence-electron chi connectivity index (χ1n) is 6.46. The summed E-state index contributed by atoms with van der Waals surface area (Å²) >= 11 is 0. The predicted molar refractivity (Wildman–Crippen MR) is 77.6 cm³/mol. The third kappa shape index (κ3) is 4.81. The van der Waals surface area contributed by atoms with Gasteiger partial charge in [-0.25, -0.2) is 4.79 Å². The maximum Gasteiger partial charge on any atom is 0.317 e.